The predicted molar refractivity (Wildman–Crippen MR) is 76.8 cm³/mol. The summed E-state index contributed by atoms with van der Waals surface area (Å²) in [5.74, 6) is 1.72. The number of nitrogens with zero attached hydrogens (tertiary/aromatic N) is 2. The average Bonchev–Trinajstić information content (AvgIpc) is 2.91. The fourth-order valence-electron chi connectivity index (χ4n) is 2.06. The summed E-state index contributed by atoms with van der Waals surface area (Å²) in [4.78, 5) is 4.53. The van der Waals surface area contributed by atoms with E-state index in [4.69, 9.17) is 4.74 Å². The first-order valence-electron chi connectivity index (χ1n) is 6.38. The van der Waals surface area contributed by atoms with Gasteiger partial charge in [-0.15, -0.1) is 0 Å². The van der Waals surface area contributed by atoms with Gasteiger partial charge in [0, 0.05) is 23.5 Å². The van der Waals surface area contributed by atoms with Crippen molar-refractivity contribution in [2.45, 2.75) is 38.8 Å². The summed E-state index contributed by atoms with van der Waals surface area (Å²) >= 11 is 1.39. The van der Waals surface area contributed by atoms with E-state index in [1.807, 2.05) is 18.2 Å². The maximum atomic E-state index is 5.89. The van der Waals surface area contributed by atoms with E-state index in [0.717, 1.165) is 23.1 Å². The molecule has 0 spiro atoms. The molecule has 1 N–H and O–H groups in total. The molecule has 0 radical (unpaired) electrons. The van der Waals surface area contributed by atoms with Crippen molar-refractivity contribution in [1.82, 2.24) is 9.36 Å². The number of nitrogens with one attached hydrogen (secondary N) is 1. The minimum Gasteiger partial charge on any atom is -0.482 e. The van der Waals surface area contributed by atoms with Crippen molar-refractivity contribution in [1.29, 1.82) is 0 Å². The zero-order valence-corrected chi connectivity index (χ0v) is 12.1. The molecule has 1 aliphatic heterocycles. The topological polar surface area (TPSA) is 47.0 Å². The highest BCUT2D eigenvalue weighted by molar-refractivity contribution is 7.09. The zero-order chi connectivity index (χ0) is 13.5. The van der Waals surface area contributed by atoms with E-state index in [1.54, 1.807) is 0 Å². The molecule has 0 bridgehead atoms. The summed E-state index contributed by atoms with van der Waals surface area (Å²) in [6.45, 7) is 6.32. The summed E-state index contributed by atoms with van der Waals surface area (Å²) in [6.07, 6.45) is 0.797. The average molecular weight is 275 g/mol. The third-order valence-electron chi connectivity index (χ3n) is 2.86. The minimum atomic E-state index is -0.0517. The van der Waals surface area contributed by atoms with Crippen molar-refractivity contribution in [2.24, 2.45) is 0 Å². The molecule has 1 atom stereocenters. The number of rotatable bonds is 2. The van der Waals surface area contributed by atoms with Crippen LogP contribution in [0.15, 0.2) is 24.3 Å². The van der Waals surface area contributed by atoms with Crippen LogP contribution in [0.5, 0.6) is 5.75 Å². The number of ether oxygens (including phenoxy) is 1. The second kappa shape index (κ2) is 4.49. The molecule has 4 nitrogen and oxygen atoms in total. The molecule has 0 saturated carbocycles. The van der Waals surface area contributed by atoms with E-state index in [2.05, 4.69) is 41.5 Å². The van der Waals surface area contributed by atoms with Gasteiger partial charge in [-0.3, -0.25) is 0 Å². The number of aromatic nitrogens is 2. The lowest BCUT2D eigenvalue weighted by Gasteiger charge is -2.18. The van der Waals surface area contributed by atoms with Gasteiger partial charge in [0.1, 0.15) is 5.75 Å². The highest BCUT2D eigenvalue weighted by Crippen LogP contribution is 2.36. The van der Waals surface area contributed by atoms with Crippen LogP contribution in [-0.4, -0.2) is 14.9 Å². The standard InChI is InChI=1S/C14H17N3OS/c1-14(2,3)16-13-15-12(17-19-13)11-8-9-6-4-5-7-10(9)18-11/h4-7,11H,8H2,1-3H3,(H,15,16,17). The highest BCUT2D eigenvalue weighted by Gasteiger charge is 2.27. The number of para-hydroxylation sites is 1. The van der Waals surface area contributed by atoms with Gasteiger partial charge in [-0.1, -0.05) is 18.2 Å². The predicted octanol–water partition coefficient (Wildman–Crippen LogP) is 3.42. The normalized spacial score (nSPS) is 17.9. The van der Waals surface area contributed by atoms with Gasteiger partial charge in [0.15, 0.2) is 11.9 Å². The molecule has 1 aromatic heterocycles. The number of fused-ring (bicyclic) bond motifs is 1. The lowest BCUT2D eigenvalue weighted by molar-refractivity contribution is 0.229. The van der Waals surface area contributed by atoms with Gasteiger partial charge < -0.3 is 10.1 Å². The lowest BCUT2D eigenvalue weighted by Crippen LogP contribution is -2.25. The van der Waals surface area contributed by atoms with Gasteiger partial charge in [-0.05, 0) is 32.4 Å². The van der Waals surface area contributed by atoms with Crippen LogP contribution in [0, 0.1) is 0 Å². The van der Waals surface area contributed by atoms with Crippen molar-refractivity contribution in [2.75, 3.05) is 5.32 Å². The van der Waals surface area contributed by atoms with Gasteiger partial charge in [-0.2, -0.15) is 9.36 Å². The monoisotopic (exact) mass is 275 g/mol. The number of hydrogen-bond donors (Lipinski definition) is 1. The minimum absolute atomic E-state index is 0.00367. The number of benzene rings is 1. The van der Waals surface area contributed by atoms with Crippen molar-refractivity contribution in [3.05, 3.63) is 35.7 Å². The van der Waals surface area contributed by atoms with Crippen LogP contribution in [0.2, 0.25) is 0 Å². The maximum Gasteiger partial charge on any atom is 0.203 e. The summed E-state index contributed by atoms with van der Waals surface area (Å²) in [6, 6.07) is 8.11. The molecule has 0 saturated heterocycles. The van der Waals surface area contributed by atoms with Gasteiger partial charge in [0.25, 0.3) is 0 Å². The molecule has 0 amide bonds. The van der Waals surface area contributed by atoms with Crippen LogP contribution < -0.4 is 10.1 Å². The Balaban J connectivity index is 1.75. The molecule has 100 valence electrons. The molecule has 1 aromatic carbocycles. The van der Waals surface area contributed by atoms with Gasteiger partial charge in [0.05, 0.1) is 0 Å². The van der Waals surface area contributed by atoms with Crippen LogP contribution >= 0.6 is 11.5 Å². The molecular weight excluding hydrogens is 258 g/mol. The van der Waals surface area contributed by atoms with Gasteiger partial charge >= 0.3 is 0 Å². The SMILES string of the molecule is CC(C)(C)Nc1nc(C2Cc3ccccc3O2)ns1. The van der Waals surface area contributed by atoms with Crippen LogP contribution in [0.25, 0.3) is 0 Å². The molecule has 0 aliphatic carbocycles. The molecule has 19 heavy (non-hydrogen) atoms. The third-order valence-corrected chi connectivity index (χ3v) is 3.50. The molecular formula is C14H17N3OS. The van der Waals surface area contributed by atoms with E-state index in [0.29, 0.717) is 0 Å². The van der Waals surface area contributed by atoms with Crippen molar-refractivity contribution in [3.8, 4) is 5.75 Å². The van der Waals surface area contributed by atoms with Crippen molar-refractivity contribution in [3.63, 3.8) is 0 Å². The molecule has 1 unspecified atom stereocenters. The molecule has 3 rings (SSSR count). The molecule has 0 fully saturated rings. The van der Waals surface area contributed by atoms with Crippen LogP contribution in [-0.2, 0) is 6.42 Å². The molecule has 2 heterocycles. The Kier molecular flexibility index (Phi) is 2.93. The largest absolute Gasteiger partial charge is 0.482 e. The summed E-state index contributed by atoms with van der Waals surface area (Å²) in [7, 11) is 0. The molecule has 1 aliphatic rings. The van der Waals surface area contributed by atoms with E-state index < -0.39 is 0 Å². The first kappa shape index (κ1) is 12.4. The van der Waals surface area contributed by atoms with E-state index >= 15 is 0 Å². The van der Waals surface area contributed by atoms with E-state index in [1.165, 1.54) is 17.1 Å². The van der Waals surface area contributed by atoms with Gasteiger partial charge in [0.2, 0.25) is 5.13 Å². The van der Waals surface area contributed by atoms with E-state index in [-0.39, 0.29) is 11.6 Å². The summed E-state index contributed by atoms with van der Waals surface area (Å²) in [5, 5.41) is 4.18. The Morgan fingerprint density at radius 2 is 2.11 bits per heavy atom. The smallest absolute Gasteiger partial charge is 0.203 e. The number of hydrogen-bond acceptors (Lipinski definition) is 5. The third kappa shape index (κ3) is 2.71. The van der Waals surface area contributed by atoms with Gasteiger partial charge in [-0.25, -0.2) is 0 Å². The van der Waals surface area contributed by atoms with Crippen LogP contribution in [0.3, 0.4) is 0 Å². The molecule has 2 aromatic rings. The molecule has 5 heteroatoms. The van der Waals surface area contributed by atoms with Crippen molar-refractivity contribution >= 4 is 16.7 Å². The second-order valence-corrected chi connectivity index (χ2v) is 6.50. The highest BCUT2D eigenvalue weighted by atomic mass is 32.1. The Hall–Kier alpha value is -1.62. The second-order valence-electron chi connectivity index (χ2n) is 5.75. The fraction of sp³-hybridized carbons (Fsp3) is 0.429. The fourth-order valence-corrected chi connectivity index (χ4v) is 2.89. The van der Waals surface area contributed by atoms with Crippen LogP contribution in [0.4, 0.5) is 5.13 Å². The first-order chi connectivity index (χ1) is 9.01. The summed E-state index contributed by atoms with van der Waals surface area (Å²) in [5.41, 5.74) is 1.23. The summed E-state index contributed by atoms with van der Waals surface area (Å²) < 4.78 is 10.3. The Labute approximate surface area is 117 Å². The first-order valence-corrected chi connectivity index (χ1v) is 7.15. The van der Waals surface area contributed by atoms with Crippen molar-refractivity contribution < 1.29 is 4.74 Å². The van der Waals surface area contributed by atoms with Crippen LogP contribution in [0.1, 0.15) is 38.3 Å². The quantitative estimate of drug-likeness (QED) is 0.912. The number of anilines is 1. The Bertz CT molecular complexity index is 563. The Morgan fingerprint density at radius 3 is 2.84 bits per heavy atom. The maximum absolute atomic E-state index is 5.89. The zero-order valence-electron chi connectivity index (χ0n) is 11.3. The lowest BCUT2D eigenvalue weighted by atomic mass is 10.1. The van der Waals surface area contributed by atoms with E-state index in [9.17, 15) is 0 Å². The Morgan fingerprint density at radius 1 is 1.32 bits per heavy atom.